The van der Waals surface area contributed by atoms with Crippen LogP contribution < -0.4 is 10.2 Å². The minimum absolute atomic E-state index is 0.0129. The highest BCUT2D eigenvalue weighted by molar-refractivity contribution is 5.99. The van der Waals surface area contributed by atoms with Crippen LogP contribution in [0.25, 0.3) is 11.0 Å². The predicted octanol–water partition coefficient (Wildman–Crippen LogP) is 5.12. The summed E-state index contributed by atoms with van der Waals surface area (Å²) in [6, 6.07) is 20.3. The SMILES string of the molecule is CCOc1cccc(C2c3c(oc4ccc(F)cc4c3=O)C(=O)N2CCc2ccccc2)c1. The number of halogens is 1. The molecule has 1 aliphatic heterocycles. The molecule has 0 aliphatic carbocycles. The molecule has 3 aromatic carbocycles. The van der Waals surface area contributed by atoms with Gasteiger partial charge in [-0.1, -0.05) is 42.5 Å². The van der Waals surface area contributed by atoms with Crippen molar-refractivity contribution in [3.8, 4) is 5.75 Å². The molecule has 5 nitrogen and oxygen atoms in total. The summed E-state index contributed by atoms with van der Waals surface area (Å²) in [4.78, 5) is 28.6. The normalized spacial score (nSPS) is 15.2. The Hall–Kier alpha value is -3.93. The van der Waals surface area contributed by atoms with Gasteiger partial charge in [0.15, 0.2) is 5.43 Å². The van der Waals surface area contributed by atoms with Gasteiger partial charge in [0.1, 0.15) is 17.1 Å². The first-order valence-corrected chi connectivity index (χ1v) is 10.9. The Morgan fingerprint density at radius 1 is 1.00 bits per heavy atom. The lowest BCUT2D eigenvalue weighted by atomic mass is 9.98. The van der Waals surface area contributed by atoms with Crippen LogP contribution in [0.15, 0.2) is 82.0 Å². The summed E-state index contributed by atoms with van der Waals surface area (Å²) in [6.07, 6.45) is 0.616. The quantitative estimate of drug-likeness (QED) is 0.415. The largest absolute Gasteiger partial charge is 0.494 e. The van der Waals surface area contributed by atoms with Crippen LogP contribution in [-0.4, -0.2) is 24.0 Å². The van der Waals surface area contributed by atoms with E-state index in [1.165, 1.54) is 12.1 Å². The van der Waals surface area contributed by atoms with Crippen molar-refractivity contribution in [2.75, 3.05) is 13.2 Å². The predicted molar refractivity (Wildman–Crippen MR) is 123 cm³/mol. The Morgan fingerprint density at radius 2 is 1.82 bits per heavy atom. The maximum absolute atomic E-state index is 13.9. The van der Waals surface area contributed by atoms with Crippen LogP contribution in [0.3, 0.4) is 0 Å². The number of hydrogen-bond acceptors (Lipinski definition) is 4. The lowest BCUT2D eigenvalue weighted by Crippen LogP contribution is -2.31. The van der Waals surface area contributed by atoms with E-state index in [9.17, 15) is 14.0 Å². The highest BCUT2D eigenvalue weighted by atomic mass is 19.1. The maximum atomic E-state index is 13.9. The maximum Gasteiger partial charge on any atom is 0.290 e. The molecule has 2 heterocycles. The fraction of sp³-hybridized carbons (Fsp3) is 0.185. The number of amides is 1. The van der Waals surface area contributed by atoms with Gasteiger partial charge in [0.05, 0.1) is 23.6 Å². The lowest BCUT2D eigenvalue weighted by Gasteiger charge is -2.25. The molecule has 1 aromatic heterocycles. The topological polar surface area (TPSA) is 59.8 Å². The Kier molecular flexibility index (Phi) is 5.42. The van der Waals surface area contributed by atoms with Crippen LogP contribution in [0, 0.1) is 5.82 Å². The van der Waals surface area contributed by atoms with Crippen LogP contribution in [0.2, 0.25) is 0 Å². The van der Waals surface area contributed by atoms with Gasteiger partial charge in [-0.05, 0) is 54.8 Å². The van der Waals surface area contributed by atoms with Gasteiger partial charge in [0.2, 0.25) is 5.76 Å². The third kappa shape index (κ3) is 3.78. The van der Waals surface area contributed by atoms with Gasteiger partial charge in [-0.3, -0.25) is 9.59 Å². The molecular weight excluding hydrogens is 421 g/mol. The van der Waals surface area contributed by atoms with Crippen molar-refractivity contribution in [3.63, 3.8) is 0 Å². The highest BCUT2D eigenvalue weighted by Crippen LogP contribution is 2.39. The molecule has 166 valence electrons. The number of carbonyl (C=O) groups is 1. The molecule has 1 amide bonds. The molecule has 1 aliphatic rings. The zero-order valence-corrected chi connectivity index (χ0v) is 18.1. The van der Waals surface area contributed by atoms with Crippen molar-refractivity contribution in [2.45, 2.75) is 19.4 Å². The summed E-state index contributed by atoms with van der Waals surface area (Å²) in [7, 11) is 0. The second kappa shape index (κ2) is 8.54. The second-order valence-electron chi connectivity index (χ2n) is 7.96. The van der Waals surface area contributed by atoms with Crippen LogP contribution in [0.1, 0.15) is 40.2 Å². The number of hydrogen-bond donors (Lipinski definition) is 0. The Balaban J connectivity index is 1.65. The van der Waals surface area contributed by atoms with Crippen molar-refractivity contribution in [1.82, 2.24) is 4.90 Å². The second-order valence-corrected chi connectivity index (χ2v) is 7.96. The summed E-state index contributed by atoms with van der Waals surface area (Å²) < 4.78 is 25.4. The van der Waals surface area contributed by atoms with Gasteiger partial charge >= 0.3 is 0 Å². The van der Waals surface area contributed by atoms with Gasteiger partial charge < -0.3 is 14.1 Å². The smallest absolute Gasteiger partial charge is 0.290 e. The van der Waals surface area contributed by atoms with Crippen molar-refractivity contribution in [1.29, 1.82) is 0 Å². The fourth-order valence-electron chi connectivity index (χ4n) is 4.41. The third-order valence-electron chi connectivity index (χ3n) is 5.90. The summed E-state index contributed by atoms with van der Waals surface area (Å²) in [5.41, 5.74) is 1.85. The number of rotatable bonds is 6. The Labute approximate surface area is 190 Å². The van der Waals surface area contributed by atoms with E-state index in [4.69, 9.17) is 9.15 Å². The van der Waals surface area contributed by atoms with Gasteiger partial charge in [0.25, 0.3) is 5.91 Å². The number of benzene rings is 3. The minimum Gasteiger partial charge on any atom is -0.494 e. The van der Waals surface area contributed by atoms with E-state index < -0.39 is 17.3 Å². The van der Waals surface area contributed by atoms with Gasteiger partial charge in [-0.2, -0.15) is 0 Å². The molecule has 0 N–H and O–H groups in total. The number of nitrogens with zero attached hydrogens (tertiary/aromatic N) is 1. The Morgan fingerprint density at radius 3 is 2.61 bits per heavy atom. The average molecular weight is 443 g/mol. The third-order valence-corrected chi connectivity index (χ3v) is 5.90. The van der Waals surface area contributed by atoms with E-state index in [1.807, 2.05) is 61.5 Å². The molecule has 6 heteroatoms. The molecule has 1 atom stereocenters. The monoisotopic (exact) mass is 443 g/mol. The molecule has 0 fully saturated rings. The minimum atomic E-state index is -0.652. The zero-order valence-electron chi connectivity index (χ0n) is 18.1. The first kappa shape index (κ1) is 20.9. The molecule has 0 saturated carbocycles. The highest BCUT2D eigenvalue weighted by Gasteiger charge is 2.42. The standard InChI is InChI=1S/C27H22FNO4/c1-2-32-20-10-6-9-18(15-20)24-23-25(30)21-16-19(28)11-12-22(21)33-26(23)27(31)29(24)14-13-17-7-4-3-5-8-17/h3-12,15-16,24H,2,13-14H2,1H3. The number of fused-ring (bicyclic) bond motifs is 2. The zero-order chi connectivity index (χ0) is 22.9. The fourth-order valence-corrected chi connectivity index (χ4v) is 4.41. The van der Waals surface area contributed by atoms with Gasteiger partial charge in [0, 0.05) is 6.54 Å². The lowest BCUT2D eigenvalue weighted by molar-refractivity contribution is 0.0730. The molecule has 0 spiro atoms. The van der Waals surface area contributed by atoms with E-state index in [0.717, 1.165) is 17.2 Å². The summed E-state index contributed by atoms with van der Waals surface area (Å²) in [5.74, 6) is -0.222. The van der Waals surface area contributed by atoms with E-state index in [0.29, 0.717) is 25.3 Å². The van der Waals surface area contributed by atoms with Crippen molar-refractivity contribution >= 4 is 16.9 Å². The summed E-state index contributed by atoms with van der Waals surface area (Å²) >= 11 is 0. The van der Waals surface area contributed by atoms with Crippen molar-refractivity contribution < 1.29 is 18.3 Å². The van der Waals surface area contributed by atoms with E-state index in [2.05, 4.69) is 0 Å². The van der Waals surface area contributed by atoms with E-state index >= 15 is 0 Å². The Bertz CT molecular complexity index is 1400. The molecule has 0 bridgehead atoms. The molecular formula is C27H22FNO4. The van der Waals surface area contributed by atoms with Crippen molar-refractivity contribution in [3.05, 3.63) is 111 Å². The van der Waals surface area contributed by atoms with Crippen molar-refractivity contribution in [2.24, 2.45) is 0 Å². The summed E-state index contributed by atoms with van der Waals surface area (Å²) in [6.45, 7) is 2.77. The van der Waals surface area contributed by atoms with E-state index in [1.54, 1.807) is 4.90 Å². The summed E-state index contributed by atoms with van der Waals surface area (Å²) in [5, 5.41) is 0.123. The molecule has 4 aromatic rings. The first-order valence-electron chi connectivity index (χ1n) is 10.9. The van der Waals surface area contributed by atoms with E-state index in [-0.39, 0.29) is 28.2 Å². The number of carbonyl (C=O) groups excluding carboxylic acids is 1. The molecule has 0 radical (unpaired) electrons. The number of ether oxygens (including phenoxy) is 1. The molecule has 1 unspecified atom stereocenters. The molecule has 33 heavy (non-hydrogen) atoms. The molecule has 0 saturated heterocycles. The van der Waals surface area contributed by atoms with Gasteiger partial charge in [-0.15, -0.1) is 0 Å². The van der Waals surface area contributed by atoms with Gasteiger partial charge in [-0.25, -0.2) is 4.39 Å². The molecule has 5 rings (SSSR count). The average Bonchev–Trinajstić information content (AvgIpc) is 3.11. The van der Waals surface area contributed by atoms with Crippen LogP contribution in [-0.2, 0) is 6.42 Å². The van der Waals surface area contributed by atoms with Crippen LogP contribution >= 0.6 is 0 Å². The van der Waals surface area contributed by atoms with Crippen LogP contribution in [0.4, 0.5) is 4.39 Å². The van der Waals surface area contributed by atoms with Crippen LogP contribution in [0.5, 0.6) is 5.75 Å². The first-order chi connectivity index (χ1) is 16.1.